The topological polar surface area (TPSA) is 92.4 Å². The Bertz CT molecular complexity index is 1240. The van der Waals surface area contributed by atoms with Crippen LogP contribution in [0.2, 0.25) is 0 Å². The van der Waals surface area contributed by atoms with Gasteiger partial charge < -0.3 is 14.8 Å². The highest BCUT2D eigenvalue weighted by molar-refractivity contribution is 9.10. The van der Waals surface area contributed by atoms with Gasteiger partial charge in [0.2, 0.25) is 6.29 Å². The van der Waals surface area contributed by atoms with Crippen LogP contribution in [0.15, 0.2) is 50.7 Å². The first-order valence-corrected chi connectivity index (χ1v) is 13.7. The number of anilines is 1. The van der Waals surface area contributed by atoms with E-state index in [1.165, 1.54) is 11.3 Å². The number of rotatable bonds is 4. The van der Waals surface area contributed by atoms with Crippen molar-refractivity contribution in [2.45, 2.75) is 54.4 Å². The summed E-state index contributed by atoms with van der Waals surface area (Å²) >= 11 is 4.79. The van der Waals surface area contributed by atoms with Crippen LogP contribution in [0.3, 0.4) is 0 Å². The minimum absolute atomic E-state index is 0.0618. The molecule has 1 aliphatic rings. The number of nitrogens with one attached hydrogen (secondary N) is 1. The van der Waals surface area contributed by atoms with E-state index in [0.717, 1.165) is 14.9 Å². The Kier molecular flexibility index (Phi) is 17.6. The van der Waals surface area contributed by atoms with Crippen molar-refractivity contribution in [2.24, 2.45) is 0 Å². The van der Waals surface area contributed by atoms with Crippen molar-refractivity contribution in [1.29, 1.82) is 0 Å². The normalized spacial score (nSPS) is 11.0. The number of carbonyl (C=O) groups is 2. The van der Waals surface area contributed by atoms with E-state index < -0.39 is 5.97 Å². The third-order valence-electron chi connectivity index (χ3n) is 4.43. The number of hydrogen-bond acceptors (Lipinski definition) is 6. The summed E-state index contributed by atoms with van der Waals surface area (Å²) in [6.45, 7) is 12.0. The van der Waals surface area contributed by atoms with Gasteiger partial charge in [0.1, 0.15) is 16.7 Å². The number of carbonyl (C=O) groups excluding carboxylic acids is 1. The maximum Gasteiger partial charge on any atom is 0.339 e. The molecule has 202 valence electrons. The number of carboxylic acid groups (broad SMARTS) is 1. The number of aldehydes is 1. The second-order valence-electron chi connectivity index (χ2n) is 6.61. The Morgan fingerprint density at radius 3 is 2.22 bits per heavy atom. The van der Waals surface area contributed by atoms with E-state index in [1.54, 1.807) is 13.1 Å². The molecule has 0 unspecified atom stereocenters. The zero-order valence-electron chi connectivity index (χ0n) is 22.4. The predicted octanol–water partition coefficient (Wildman–Crippen LogP) is 7.69. The van der Waals surface area contributed by atoms with Gasteiger partial charge in [0, 0.05) is 23.3 Å². The van der Waals surface area contributed by atoms with Crippen LogP contribution in [0.25, 0.3) is 22.3 Å². The molecule has 3 aromatic rings. The van der Waals surface area contributed by atoms with Crippen LogP contribution in [0, 0.1) is 0 Å². The molecule has 0 atom stereocenters. The quantitative estimate of drug-likeness (QED) is 0.237. The zero-order chi connectivity index (χ0) is 28.4. The van der Waals surface area contributed by atoms with E-state index in [4.69, 9.17) is 4.42 Å². The maximum absolute atomic E-state index is 13.0. The zero-order valence-corrected chi connectivity index (χ0v) is 24.8. The van der Waals surface area contributed by atoms with Gasteiger partial charge in [-0.2, -0.15) is 0 Å². The lowest BCUT2D eigenvalue weighted by atomic mass is 10.1. The fourth-order valence-electron chi connectivity index (χ4n) is 2.75. The molecule has 2 N–H and O–H groups in total. The number of aromatic nitrogens is 1. The molecule has 6 nitrogen and oxygen atoms in total. The number of thiophene rings is 1. The minimum atomic E-state index is -0.909. The van der Waals surface area contributed by atoms with Gasteiger partial charge in [0.05, 0.1) is 10.6 Å². The molecule has 0 radical (unpaired) electrons. The number of aromatic carboxylic acids is 1. The van der Waals surface area contributed by atoms with Gasteiger partial charge >= 0.3 is 5.97 Å². The molecule has 9 heteroatoms. The molecule has 2 aromatic heterocycles. The number of nitrogens with zero attached hydrogens (tertiary/aromatic N) is 1. The number of hydrogen-bond donors (Lipinski definition) is 2. The monoisotopic (exact) mass is 594 g/mol. The van der Waals surface area contributed by atoms with Crippen LogP contribution >= 0.6 is 27.3 Å². The number of halogens is 2. The summed E-state index contributed by atoms with van der Waals surface area (Å²) in [7, 11) is 1.72. The number of allylic oxidation sites excluding steroid dienone is 2. The molecular weight excluding hydrogens is 559 g/mol. The fraction of sp³-hybridized carbons (Fsp3) is 0.321. The molecule has 0 aliphatic heterocycles. The van der Waals surface area contributed by atoms with Crippen LogP contribution in [0.1, 0.15) is 75.4 Å². The molecule has 37 heavy (non-hydrogen) atoms. The molecule has 1 aromatic carbocycles. The SMILES string of the molecule is C/C=C\C.CC.CC.CNc1csc(-c2ccc(Br)cc2)c1C(=O)O.O=Cc1nc2c(o1)=C(F)CCC=2. The number of carboxylic acids is 1. The second-order valence-corrected chi connectivity index (χ2v) is 8.41. The van der Waals surface area contributed by atoms with Crippen LogP contribution in [-0.2, 0) is 0 Å². The molecule has 0 saturated heterocycles. The smallest absolute Gasteiger partial charge is 0.339 e. The van der Waals surface area contributed by atoms with Gasteiger partial charge in [-0.15, -0.1) is 11.3 Å². The van der Waals surface area contributed by atoms with Crippen molar-refractivity contribution in [3.63, 3.8) is 0 Å². The fourth-order valence-corrected chi connectivity index (χ4v) is 4.07. The van der Waals surface area contributed by atoms with Crippen LogP contribution in [-0.4, -0.2) is 29.4 Å². The average molecular weight is 596 g/mol. The van der Waals surface area contributed by atoms with Gasteiger partial charge in [-0.1, -0.05) is 74.0 Å². The summed E-state index contributed by atoms with van der Waals surface area (Å²) in [5.41, 5.74) is 2.01. The summed E-state index contributed by atoms with van der Waals surface area (Å²) in [6, 6.07) is 7.61. The second kappa shape index (κ2) is 19.1. The number of oxazole rings is 1. The highest BCUT2D eigenvalue weighted by Crippen LogP contribution is 2.36. The lowest BCUT2D eigenvalue weighted by Gasteiger charge is -2.03. The average Bonchev–Trinajstić information content (AvgIpc) is 3.57. The Morgan fingerprint density at radius 1 is 1.16 bits per heavy atom. The summed E-state index contributed by atoms with van der Waals surface area (Å²) in [4.78, 5) is 26.0. The molecule has 4 rings (SSSR count). The summed E-state index contributed by atoms with van der Waals surface area (Å²) < 4.78 is 18.8. The van der Waals surface area contributed by atoms with Crippen molar-refractivity contribution in [1.82, 2.24) is 4.98 Å². The van der Waals surface area contributed by atoms with Crippen LogP contribution < -0.4 is 16.1 Å². The van der Waals surface area contributed by atoms with Gasteiger partial charge in [0.15, 0.2) is 5.42 Å². The third kappa shape index (κ3) is 10.5. The Morgan fingerprint density at radius 2 is 1.76 bits per heavy atom. The number of fused-ring (bicyclic) bond motifs is 1. The Hall–Kier alpha value is -3.04. The van der Waals surface area contributed by atoms with Crippen molar-refractivity contribution >= 4 is 57.1 Å². The van der Waals surface area contributed by atoms with E-state index in [2.05, 4.69) is 26.2 Å². The van der Waals surface area contributed by atoms with Crippen LogP contribution in [0.5, 0.6) is 0 Å². The van der Waals surface area contributed by atoms with Gasteiger partial charge in [-0.3, -0.25) is 4.79 Å². The number of benzene rings is 1. The summed E-state index contributed by atoms with van der Waals surface area (Å²) in [5, 5.41) is 14.4. The van der Waals surface area contributed by atoms with E-state index in [-0.39, 0.29) is 17.1 Å². The summed E-state index contributed by atoms with van der Waals surface area (Å²) in [6.07, 6.45) is 7.18. The first-order valence-electron chi connectivity index (χ1n) is 12.0. The Balaban J connectivity index is 0.000000564. The lowest BCUT2D eigenvalue weighted by Crippen LogP contribution is -2.26. The van der Waals surface area contributed by atoms with Crippen LogP contribution in [0.4, 0.5) is 10.1 Å². The van der Waals surface area contributed by atoms with E-state index in [1.807, 2.05) is 83.3 Å². The standard InChI is InChI=1S/C12H10BrNO2S.C8H6FNO2.C4H8.2C2H6/c1-14-9-6-17-11(10(9)12(15)16)7-2-4-8(13)5-3-7;9-5-2-1-3-6-8(5)12-7(4-11)10-6;1-3-4-2;2*1-2/h2-6,14H,1H3,(H,15,16);3-4H,1-2H2;3-4H,1-2H3;2*1-2H3/b;;4-3-;;. The van der Waals surface area contributed by atoms with Gasteiger partial charge in [-0.05, 0) is 38.0 Å². The van der Waals surface area contributed by atoms with Gasteiger partial charge in [0.25, 0.3) is 5.89 Å². The van der Waals surface area contributed by atoms with Crippen molar-refractivity contribution in [3.8, 4) is 10.4 Å². The van der Waals surface area contributed by atoms with Gasteiger partial charge in [-0.25, -0.2) is 14.2 Å². The van der Waals surface area contributed by atoms with E-state index in [9.17, 15) is 19.1 Å². The molecule has 1 aliphatic carbocycles. The molecule has 0 amide bonds. The highest BCUT2D eigenvalue weighted by Gasteiger charge is 2.18. The van der Waals surface area contributed by atoms with E-state index in [0.29, 0.717) is 35.7 Å². The molecule has 2 heterocycles. The van der Waals surface area contributed by atoms with Crippen molar-refractivity contribution < 1.29 is 23.5 Å². The first kappa shape index (κ1) is 34.0. The molecule has 0 saturated carbocycles. The third-order valence-corrected chi connectivity index (χ3v) is 5.99. The molecule has 0 bridgehead atoms. The molecule has 0 spiro atoms. The largest absolute Gasteiger partial charge is 0.478 e. The van der Waals surface area contributed by atoms with Crippen molar-refractivity contribution in [3.05, 3.63) is 68.5 Å². The maximum atomic E-state index is 13.0. The first-order chi connectivity index (χ1) is 17.9. The predicted molar refractivity (Wildman–Crippen MR) is 157 cm³/mol. The summed E-state index contributed by atoms with van der Waals surface area (Å²) in [5.74, 6) is -1.30. The minimum Gasteiger partial charge on any atom is -0.478 e. The Labute approximate surface area is 230 Å². The molecular formula is C28H36BrFN2O4S. The van der Waals surface area contributed by atoms with E-state index >= 15 is 0 Å². The van der Waals surface area contributed by atoms with Crippen molar-refractivity contribution in [2.75, 3.05) is 12.4 Å². The highest BCUT2D eigenvalue weighted by atomic mass is 79.9. The lowest BCUT2D eigenvalue weighted by molar-refractivity contribution is 0.0699. The molecule has 0 fully saturated rings.